The van der Waals surface area contributed by atoms with Gasteiger partial charge in [0.05, 0.1) is 0 Å². The summed E-state index contributed by atoms with van der Waals surface area (Å²) in [6.45, 7) is 10.7. The van der Waals surface area contributed by atoms with Crippen LogP contribution in [0.5, 0.6) is 0 Å². The van der Waals surface area contributed by atoms with Crippen molar-refractivity contribution in [3.63, 3.8) is 0 Å². The van der Waals surface area contributed by atoms with E-state index in [2.05, 4.69) is 33.8 Å². The van der Waals surface area contributed by atoms with E-state index >= 15 is 0 Å². The fourth-order valence-electron chi connectivity index (χ4n) is 4.84. The molecule has 0 atom stereocenters. The summed E-state index contributed by atoms with van der Waals surface area (Å²) >= 11 is 0. The Kier molecular flexibility index (Phi) is 10.0. The lowest BCUT2D eigenvalue weighted by atomic mass is 9.83. The molecule has 2 rings (SSSR count). The summed E-state index contributed by atoms with van der Waals surface area (Å²) in [6, 6.07) is 4.08. The van der Waals surface area contributed by atoms with Crippen LogP contribution in [0.2, 0.25) is 0 Å². The van der Waals surface area contributed by atoms with Crippen molar-refractivity contribution >= 4 is 20.9 Å². The first kappa shape index (κ1) is 25.9. The molecule has 0 aliphatic heterocycles. The molecule has 0 aliphatic carbocycles. The quantitative estimate of drug-likeness (QED) is 0.320. The van der Waals surface area contributed by atoms with Gasteiger partial charge in [-0.2, -0.15) is 8.42 Å². The first-order valence-electron chi connectivity index (χ1n) is 12.4. The lowest BCUT2D eigenvalue weighted by Gasteiger charge is -2.23. The molecule has 31 heavy (non-hydrogen) atoms. The number of hydrogen-bond donors (Lipinski definition) is 1. The summed E-state index contributed by atoms with van der Waals surface area (Å²) in [5, 5.41) is 1.84. The molecule has 3 nitrogen and oxygen atoms in total. The van der Waals surface area contributed by atoms with Gasteiger partial charge in [0.2, 0.25) is 0 Å². The van der Waals surface area contributed by atoms with Gasteiger partial charge in [-0.3, -0.25) is 4.55 Å². The van der Waals surface area contributed by atoms with Gasteiger partial charge in [-0.15, -0.1) is 0 Å². The second-order valence-corrected chi connectivity index (χ2v) is 10.3. The molecule has 4 heteroatoms. The van der Waals surface area contributed by atoms with Crippen molar-refractivity contribution in [3.8, 4) is 0 Å². The summed E-state index contributed by atoms with van der Waals surface area (Å²) in [6.07, 6.45) is 12.6. The van der Waals surface area contributed by atoms with Crippen molar-refractivity contribution in [3.05, 3.63) is 39.9 Å². The summed E-state index contributed by atoms with van der Waals surface area (Å²) in [7, 11) is -4.31. The molecule has 1 N–H and O–H groups in total. The molecule has 0 bridgehead atoms. The molecule has 0 saturated carbocycles. The van der Waals surface area contributed by atoms with Gasteiger partial charge < -0.3 is 0 Å². The van der Waals surface area contributed by atoms with Crippen LogP contribution in [0.25, 0.3) is 10.8 Å². The molecule has 0 aliphatic rings. The highest BCUT2D eigenvalue weighted by atomic mass is 32.2. The second-order valence-electron chi connectivity index (χ2n) is 8.93. The van der Waals surface area contributed by atoms with Gasteiger partial charge in [-0.1, -0.05) is 65.5 Å². The SMILES string of the molecule is CCCCc1ccc2c(S(=O)(=O)O)c(C)c(CCCC)c(CCCC)c2c1CCCC. The fourth-order valence-corrected chi connectivity index (χ4v) is 5.79. The monoisotopic (exact) mass is 446 g/mol. The van der Waals surface area contributed by atoms with E-state index < -0.39 is 10.1 Å². The first-order chi connectivity index (χ1) is 14.8. The number of fused-ring (bicyclic) bond motifs is 1. The Bertz CT molecular complexity index is 974. The van der Waals surface area contributed by atoms with Crippen LogP contribution in [0, 0.1) is 6.92 Å². The van der Waals surface area contributed by atoms with Crippen LogP contribution in [0.4, 0.5) is 0 Å². The summed E-state index contributed by atoms with van der Waals surface area (Å²) < 4.78 is 35.3. The number of aryl methyl sites for hydroxylation is 3. The summed E-state index contributed by atoms with van der Waals surface area (Å²) in [5.41, 5.74) is 5.91. The van der Waals surface area contributed by atoms with Gasteiger partial charge in [0.25, 0.3) is 10.1 Å². The van der Waals surface area contributed by atoms with Crippen LogP contribution in [0.15, 0.2) is 17.0 Å². The highest BCUT2D eigenvalue weighted by Gasteiger charge is 2.25. The Labute approximate surface area is 190 Å². The van der Waals surface area contributed by atoms with Crippen LogP contribution in [0.3, 0.4) is 0 Å². The van der Waals surface area contributed by atoms with E-state index in [0.29, 0.717) is 0 Å². The Morgan fingerprint density at radius 2 is 1.19 bits per heavy atom. The summed E-state index contributed by atoms with van der Waals surface area (Å²) in [4.78, 5) is 0.133. The lowest BCUT2D eigenvalue weighted by molar-refractivity contribution is 0.483. The number of hydrogen-bond acceptors (Lipinski definition) is 2. The average molecular weight is 447 g/mol. The molecule has 0 unspecified atom stereocenters. The lowest BCUT2D eigenvalue weighted by Crippen LogP contribution is -2.11. The minimum absolute atomic E-state index is 0.133. The topological polar surface area (TPSA) is 54.4 Å². The maximum Gasteiger partial charge on any atom is 0.295 e. The smallest absolute Gasteiger partial charge is 0.282 e. The molecule has 2 aromatic carbocycles. The molecule has 0 aromatic heterocycles. The molecule has 0 amide bonds. The molecule has 174 valence electrons. The number of unbranched alkanes of at least 4 members (excludes halogenated alkanes) is 4. The Morgan fingerprint density at radius 3 is 1.71 bits per heavy atom. The molecule has 0 fully saturated rings. The van der Waals surface area contributed by atoms with E-state index in [1.807, 2.05) is 13.0 Å². The highest BCUT2D eigenvalue weighted by Crippen LogP contribution is 2.39. The van der Waals surface area contributed by atoms with E-state index in [0.717, 1.165) is 98.9 Å². The van der Waals surface area contributed by atoms with E-state index in [4.69, 9.17) is 0 Å². The predicted octanol–water partition coefficient (Wildman–Crippen LogP) is 7.77. The second kappa shape index (κ2) is 12.0. The van der Waals surface area contributed by atoms with Crippen molar-refractivity contribution in [1.82, 2.24) is 0 Å². The Morgan fingerprint density at radius 1 is 0.710 bits per heavy atom. The molecule has 2 aromatic rings. The zero-order chi connectivity index (χ0) is 23.0. The third-order valence-electron chi connectivity index (χ3n) is 6.51. The van der Waals surface area contributed by atoms with Crippen LogP contribution in [-0.4, -0.2) is 13.0 Å². The van der Waals surface area contributed by atoms with E-state index in [1.165, 1.54) is 16.7 Å². The zero-order valence-corrected chi connectivity index (χ0v) is 21.1. The Hall–Kier alpha value is -1.39. The molecular weight excluding hydrogens is 404 g/mol. The van der Waals surface area contributed by atoms with Gasteiger partial charge in [0.15, 0.2) is 0 Å². The Balaban J connectivity index is 3.00. The molecular formula is C27H42O3S. The van der Waals surface area contributed by atoms with E-state index in [-0.39, 0.29) is 4.90 Å². The van der Waals surface area contributed by atoms with Crippen molar-refractivity contribution in [2.24, 2.45) is 0 Å². The van der Waals surface area contributed by atoms with Crippen LogP contribution in [-0.2, 0) is 35.8 Å². The van der Waals surface area contributed by atoms with Gasteiger partial charge in [-0.25, -0.2) is 0 Å². The minimum atomic E-state index is -4.31. The van der Waals surface area contributed by atoms with Crippen molar-refractivity contribution < 1.29 is 13.0 Å². The van der Waals surface area contributed by atoms with E-state index in [9.17, 15) is 13.0 Å². The standard InChI is InChI=1S/C27H42O3S/c1-6-10-14-21-18-19-25-26(23(21)16-12-8-3)24(17-13-9-4)22(15-11-7-2)20(5)27(25)31(28,29)30/h18-19H,6-17H2,1-5H3,(H,28,29,30). The van der Waals surface area contributed by atoms with Crippen molar-refractivity contribution in [2.45, 2.75) is 117 Å². The number of rotatable bonds is 13. The fraction of sp³-hybridized carbons (Fsp3) is 0.630. The maximum absolute atomic E-state index is 12.6. The van der Waals surface area contributed by atoms with Crippen molar-refractivity contribution in [2.75, 3.05) is 0 Å². The molecule has 0 spiro atoms. The van der Waals surface area contributed by atoms with Gasteiger partial charge >= 0.3 is 0 Å². The first-order valence-corrected chi connectivity index (χ1v) is 13.8. The van der Waals surface area contributed by atoms with Gasteiger partial charge in [-0.05, 0) is 91.5 Å². The van der Waals surface area contributed by atoms with Gasteiger partial charge in [0.1, 0.15) is 4.90 Å². The predicted molar refractivity (Wildman–Crippen MR) is 133 cm³/mol. The molecule has 0 heterocycles. The maximum atomic E-state index is 12.6. The normalized spacial score (nSPS) is 12.1. The molecule has 0 radical (unpaired) electrons. The summed E-state index contributed by atoms with van der Waals surface area (Å²) in [5.74, 6) is 0. The zero-order valence-electron chi connectivity index (χ0n) is 20.3. The highest BCUT2D eigenvalue weighted by molar-refractivity contribution is 7.86. The third kappa shape index (κ3) is 6.10. The van der Waals surface area contributed by atoms with Crippen molar-refractivity contribution in [1.29, 1.82) is 0 Å². The van der Waals surface area contributed by atoms with E-state index in [1.54, 1.807) is 0 Å². The van der Waals surface area contributed by atoms with Crippen LogP contribution in [0.1, 0.15) is 107 Å². The largest absolute Gasteiger partial charge is 0.295 e. The minimum Gasteiger partial charge on any atom is -0.282 e. The van der Waals surface area contributed by atoms with Crippen LogP contribution >= 0.6 is 0 Å². The van der Waals surface area contributed by atoms with Gasteiger partial charge in [0, 0.05) is 5.39 Å². The number of benzene rings is 2. The average Bonchev–Trinajstić information content (AvgIpc) is 2.72. The van der Waals surface area contributed by atoms with Crippen LogP contribution < -0.4 is 0 Å². The third-order valence-corrected chi connectivity index (χ3v) is 7.55. The molecule has 0 saturated heterocycles.